The average molecular weight is 905 g/mol. The van der Waals surface area contributed by atoms with Crippen LogP contribution < -0.4 is 0 Å². The number of unbranched alkanes of at least 4 members (excludes halogenated alkanes) is 20. The number of hydrogen-bond donors (Lipinski definition) is 5. The van der Waals surface area contributed by atoms with E-state index in [1.54, 1.807) is 30.3 Å². The molecule has 0 unspecified atom stereocenters. The summed E-state index contributed by atoms with van der Waals surface area (Å²) in [7, 11) is 0. The van der Waals surface area contributed by atoms with Gasteiger partial charge in [0.25, 0.3) is 0 Å². The van der Waals surface area contributed by atoms with E-state index in [1.165, 1.54) is 109 Å². The fraction of sp³-hybridized carbons (Fsp3) is 0.475. The molecule has 5 heterocycles. The van der Waals surface area contributed by atoms with Crippen LogP contribution in [0.15, 0.2) is 72.8 Å². The molecule has 8 nitrogen and oxygen atoms in total. The number of aromatic amines is 2. The summed E-state index contributed by atoms with van der Waals surface area (Å²) in [5.41, 5.74) is 10.9. The minimum atomic E-state index is -1.17. The van der Waals surface area contributed by atoms with Gasteiger partial charge in [-0.3, -0.25) is 4.98 Å². The molecule has 0 radical (unpaired) electrons. The Balaban J connectivity index is 1.33. The number of nitrogens with one attached hydrogen (secondary N) is 2. The Hall–Kier alpha value is -5.47. The van der Waals surface area contributed by atoms with Gasteiger partial charge in [0.2, 0.25) is 0 Å². The van der Waals surface area contributed by atoms with Crippen LogP contribution >= 0.6 is 0 Å². The highest BCUT2D eigenvalue weighted by Crippen LogP contribution is 2.43. The third-order valence-electron chi connectivity index (χ3n) is 14.0. The maximum atomic E-state index is 13.2. The molecule has 356 valence electrons. The van der Waals surface area contributed by atoms with Crippen LogP contribution in [0.25, 0.3) is 56.5 Å². The van der Waals surface area contributed by atoms with Crippen LogP contribution in [0.4, 0.5) is 0 Å². The standard InChI is InChI=1S/C59H76N4O4/c1-3-5-7-9-11-13-15-17-19-21-23-31-46-49-33-34-51(60-49)47(32-24-22-20-18-16-14-12-10-8-6-4-2)58-59(67)48(41-64)57(63-58)56(43-28-26-30-45(66)40-43)54-38-37-53(62-54)55(52-36-35-50(46)61-52)42-27-25-29-44(65)39-42/h25-30,33-41,48,59,61-62,65-67H,3-24,31-32H2,1-2H3/t48-,59-/m1/s1. The van der Waals surface area contributed by atoms with E-state index in [-0.39, 0.29) is 11.5 Å². The van der Waals surface area contributed by atoms with Crippen molar-refractivity contribution in [1.29, 1.82) is 0 Å². The van der Waals surface area contributed by atoms with E-state index in [9.17, 15) is 20.1 Å². The molecule has 8 heteroatoms. The fourth-order valence-corrected chi connectivity index (χ4v) is 10.2. The molecule has 3 aromatic heterocycles. The Bertz CT molecular complexity index is 2570. The quantitative estimate of drug-likeness (QED) is 0.0258. The summed E-state index contributed by atoms with van der Waals surface area (Å²) in [4.78, 5) is 31.4. The number of aromatic hydroxyl groups is 2. The van der Waals surface area contributed by atoms with Crippen molar-refractivity contribution in [1.82, 2.24) is 19.9 Å². The van der Waals surface area contributed by atoms with E-state index in [1.807, 2.05) is 30.3 Å². The molecule has 0 fully saturated rings. The lowest BCUT2D eigenvalue weighted by Crippen LogP contribution is -2.09. The number of benzene rings is 2. The summed E-state index contributed by atoms with van der Waals surface area (Å²) >= 11 is 0. The minimum Gasteiger partial charge on any atom is -0.508 e. The molecule has 5 N–H and O–H groups in total. The molecular weight excluding hydrogens is 829 g/mol. The van der Waals surface area contributed by atoms with Crippen molar-refractivity contribution in [3.05, 3.63) is 107 Å². The largest absolute Gasteiger partial charge is 0.508 e. The summed E-state index contributed by atoms with van der Waals surface area (Å²) in [6.07, 6.45) is 32.9. The van der Waals surface area contributed by atoms with Gasteiger partial charge in [-0.15, -0.1) is 0 Å². The second kappa shape index (κ2) is 25.6. The smallest absolute Gasteiger partial charge is 0.132 e. The van der Waals surface area contributed by atoms with Crippen LogP contribution in [-0.4, -0.2) is 41.5 Å². The number of phenolic OH excluding ortho intramolecular Hbond substituents is 2. The number of aliphatic hydroxyl groups excluding tert-OH is 1. The fourth-order valence-electron chi connectivity index (χ4n) is 10.2. The first-order chi connectivity index (χ1) is 32.9. The van der Waals surface area contributed by atoms with Gasteiger partial charge in [0, 0.05) is 44.3 Å². The molecule has 5 aromatic rings. The molecule has 0 aliphatic carbocycles. The number of H-pyrrole nitrogens is 2. The lowest BCUT2D eigenvalue weighted by atomic mass is 9.92. The molecular formula is C59H76N4O4. The van der Waals surface area contributed by atoms with Crippen molar-refractivity contribution < 1.29 is 20.1 Å². The van der Waals surface area contributed by atoms with Gasteiger partial charge in [0.15, 0.2) is 0 Å². The molecule has 0 saturated heterocycles. The zero-order valence-electron chi connectivity index (χ0n) is 40.4. The van der Waals surface area contributed by atoms with Gasteiger partial charge in [0.1, 0.15) is 23.9 Å². The van der Waals surface area contributed by atoms with Gasteiger partial charge in [-0.25, -0.2) is 4.98 Å². The Morgan fingerprint density at radius 3 is 1.40 bits per heavy atom. The normalized spacial score (nSPS) is 14.6. The van der Waals surface area contributed by atoms with E-state index < -0.39 is 12.0 Å². The lowest BCUT2D eigenvalue weighted by molar-refractivity contribution is -0.111. The third-order valence-corrected chi connectivity index (χ3v) is 14.0. The van der Waals surface area contributed by atoms with Gasteiger partial charge in [-0.2, -0.15) is 0 Å². The molecule has 2 aliphatic rings. The second-order valence-corrected chi connectivity index (χ2v) is 19.2. The van der Waals surface area contributed by atoms with Crippen LogP contribution in [0, 0.1) is 0 Å². The highest BCUT2D eigenvalue weighted by Gasteiger charge is 2.35. The minimum absolute atomic E-state index is 0.0818. The first-order valence-electron chi connectivity index (χ1n) is 26.1. The van der Waals surface area contributed by atoms with Crippen molar-refractivity contribution in [2.75, 3.05) is 0 Å². The zero-order chi connectivity index (χ0) is 46.8. The molecule has 0 saturated carbocycles. The Kier molecular flexibility index (Phi) is 18.9. The number of rotatable bonds is 27. The van der Waals surface area contributed by atoms with Crippen LogP contribution in [0.2, 0.25) is 0 Å². The molecule has 2 aromatic carbocycles. The van der Waals surface area contributed by atoms with Gasteiger partial charge < -0.3 is 30.1 Å². The van der Waals surface area contributed by atoms with E-state index in [0.717, 1.165) is 95.0 Å². The van der Waals surface area contributed by atoms with Crippen LogP contribution in [0.1, 0.15) is 201 Å². The summed E-state index contributed by atoms with van der Waals surface area (Å²) in [6, 6.07) is 22.5. The Morgan fingerprint density at radius 1 is 0.493 bits per heavy atom. The van der Waals surface area contributed by atoms with E-state index >= 15 is 0 Å². The topological polar surface area (TPSA) is 135 Å². The second-order valence-electron chi connectivity index (χ2n) is 19.2. The van der Waals surface area contributed by atoms with Crippen molar-refractivity contribution in [2.24, 2.45) is 0 Å². The van der Waals surface area contributed by atoms with Gasteiger partial charge in [-0.05, 0) is 97.5 Å². The average Bonchev–Trinajstić information content (AvgIpc) is 4.16. The molecule has 7 rings (SSSR count). The first-order valence-corrected chi connectivity index (χ1v) is 26.1. The molecule has 8 bridgehead atoms. The SMILES string of the molecule is CCCCCCCCCCCCCc1c2nc(c(CCCCCCCCCCCCC)c3ccc([nH]3)c(-c3cccc(O)c3)c3ccc([nH]3)c(-c3cccc(O)c3)c3nc1[C@H](O)[C@@H]3C=O)C=C2. The van der Waals surface area contributed by atoms with Gasteiger partial charge in [-0.1, -0.05) is 167 Å². The number of fused-ring (bicyclic) bond motifs is 8. The summed E-state index contributed by atoms with van der Waals surface area (Å²) in [5.74, 6) is -0.704. The number of aliphatic hydroxyl groups is 1. The summed E-state index contributed by atoms with van der Waals surface area (Å²) in [6.45, 7) is 4.54. The highest BCUT2D eigenvalue weighted by molar-refractivity contribution is 5.96. The van der Waals surface area contributed by atoms with E-state index in [4.69, 9.17) is 9.97 Å². The maximum absolute atomic E-state index is 13.2. The van der Waals surface area contributed by atoms with E-state index in [2.05, 4.69) is 48.1 Å². The number of carbonyl (C=O) groups excluding carboxylic acids is 1. The highest BCUT2D eigenvalue weighted by atomic mass is 16.3. The van der Waals surface area contributed by atoms with Crippen molar-refractivity contribution in [2.45, 2.75) is 180 Å². The van der Waals surface area contributed by atoms with Crippen molar-refractivity contribution in [3.63, 3.8) is 0 Å². The van der Waals surface area contributed by atoms with Gasteiger partial charge >= 0.3 is 0 Å². The molecule has 2 atom stereocenters. The van der Waals surface area contributed by atoms with E-state index in [0.29, 0.717) is 34.5 Å². The Morgan fingerprint density at radius 2 is 0.910 bits per heavy atom. The van der Waals surface area contributed by atoms with Crippen molar-refractivity contribution in [3.8, 4) is 33.8 Å². The Labute approximate surface area is 399 Å². The number of hydrogen-bond acceptors (Lipinski definition) is 6. The number of aromatic nitrogens is 4. The number of aldehydes is 1. The monoisotopic (exact) mass is 905 g/mol. The van der Waals surface area contributed by atoms with Crippen LogP contribution in [-0.2, 0) is 17.6 Å². The summed E-state index contributed by atoms with van der Waals surface area (Å²) < 4.78 is 0. The first kappa shape index (κ1) is 49.4. The van der Waals surface area contributed by atoms with Crippen LogP contribution in [0.5, 0.6) is 11.5 Å². The molecule has 2 aliphatic heterocycles. The zero-order valence-corrected chi connectivity index (χ0v) is 40.4. The number of phenols is 2. The predicted octanol–water partition coefficient (Wildman–Crippen LogP) is 16.0. The predicted molar refractivity (Wildman–Crippen MR) is 278 cm³/mol. The maximum Gasteiger partial charge on any atom is 0.132 e. The lowest BCUT2D eigenvalue weighted by Gasteiger charge is -2.13. The van der Waals surface area contributed by atoms with Crippen molar-refractivity contribution >= 4 is 40.5 Å². The summed E-state index contributed by atoms with van der Waals surface area (Å²) in [5, 5.41) is 33.8. The number of nitrogens with zero attached hydrogens (tertiary/aromatic N) is 2. The molecule has 0 amide bonds. The number of aryl methyl sites for hydroxylation is 1. The number of carbonyl (C=O) groups is 1. The molecule has 0 spiro atoms. The van der Waals surface area contributed by atoms with Gasteiger partial charge in [0.05, 0.1) is 28.7 Å². The van der Waals surface area contributed by atoms with Crippen LogP contribution in [0.3, 0.4) is 0 Å². The molecule has 67 heavy (non-hydrogen) atoms. The third kappa shape index (κ3) is 13.2.